The van der Waals surface area contributed by atoms with Crippen LogP contribution >= 0.6 is 11.3 Å². The second-order valence-electron chi connectivity index (χ2n) is 6.07. The molecule has 23 heavy (non-hydrogen) atoms. The Morgan fingerprint density at radius 2 is 2.26 bits per heavy atom. The first-order valence-corrected chi connectivity index (χ1v) is 8.89. The lowest BCUT2D eigenvalue weighted by Gasteiger charge is -2.21. The number of aromatic nitrogens is 3. The number of hydrogen-bond acceptors (Lipinski definition) is 5. The number of nitrogens with zero attached hydrogens (tertiary/aromatic N) is 4. The van der Waals surface area contributed by atoms with E-state index in [9.17, 15) is 5.11 Å². The first-order chi connectivity index (χ1) is 11.3. The van der Waals surface area contributed by atoms with E-state index in [0.29, 0.717) is 12.5 Å². The molecule has 0 aromatic carbocycles. The van der Waals surface area contributed by atoms with E-state index >= 15 is 0 Å². The molecule has 5 nitrogen and oxygen atoms in total. The van der Waals surface area contributed by atoms with Crippen molar-refractivity contribution in [1.82, 2.24) is 19.3 Å². The minimum Gasteiger partial charge on any atom is -0.395 e. The second-order valence-corrected chi connectivity index (χ2v) is 6.94. The van der Waals surface area contributed by atoms with Gasteiger partial charge in [0.1, 0.15) is 0 Å². The average Bonchev–Trinajstić information content (AvgIpc) is 3.20. The van der Waals surface area contributed by atoms with Gasteiger partial charge in [-0.1, -0.05) is 6.07 Å². The SMILES string of the molecule is OCCN(Cc1cccnc1)Cc1c(C2CC2)nc2sccn12. The number of aliphatic hydroxyl groups is 1. The Balaban J connectivity index is 1.61. The first kappa shape index (κ1) is 14.8. The standard InChI is InChI=1S/C17H20N4OS/c22-8-6-20(11-13-2-1-5-18-10-13)12-15-16(14-3-4-14)19-17-21(15)7-9-23-17/h1-2,5,7,9-10,14,22H,3-4,6,8,11-12H2. The summed E-state index contributed by atoms with van der Waals surface area (Å²) in [6.45, 7) is 2.40. The zero-order chi connectivity index (χ0) is 15.6. The lowest BCUT2D eigenvalue weighted by atomic mass is 10.2. The Kier molecular flexibility index (Phi) is 4.11. The van der Waals surface area contributed by atoms with Gasteiger partial charge >= 0.3 is 0 Å². The number of aliphatic hydroxyl groups excluding tert-OH is 1. The molecule has 0 bridgehead atoms. The number of fused-ring (bicyclic) bond motifs is 1. The van der Waals surface area contributed by atoms with Crippen molar-refractivity contribution < 1.29 is 5.11 Å². The summed E-state index contributed by atoms with van der Waals surface area (Å²) in [5, 5.41) is 11.5. The molecule has 0 aliphatic heterocycles. The number of thiazole rings is 1. The van der Waals surface area contributed by atoms with Gasteiger partial charge in [-0.25, -0.2) is 4.98 Å². The number of imidazole rings is 1. The fourth-order valence-electron chi connectivity index (χ4n) is 3.01. The van der Waals surface area contributed by atoms with E-state index in [1.165, 1.54) is 29.8 Å². The van der Waals surface area contributed by atoms with Gasteiger partial charge in [-0.05, 0) is 24.5 Å². The largest absolute Gasteiger partial charge is 0.395 e. The van der Waals surface area contributed by atoms with Crippen LogP contribution in [0.15, 0.2) is 36.1 Å². The van der Waals surface area contributed by atoms with Crippen molar-refractivity contribution in [3.05, 3.63) is 53.1 Å². The van der Waals surface area contributed by atoms with Crippen LogP contribution in [0, 0.1) is 0 Å². The normalized spacial score (nSPS) is 14.9. The molecular weight excluding hydrogens is 308 g/mol. The minimum absolute atomic E-state index is 0.157. The molecule has 1 aliphatic carbocycles. The van der Waals surface area contributed by atoms with Gasteiger partial charge in [-0.2, -0.15) is 0 Å². The van der Waals surface area contributed by atoms with Crippen LogP contribution < -0.4 is 0 Å². The molecule has 4 rings (SSSR count). The molecule has 1 N–H and O–H groups in total. The number of hydrogen-bond donors (Lipinski definition) is 1. The fraction of sp³-hybridized carbons (Fsp3) is 0.412. The fourth-order valence-corrected chi connectivity index (χ4v) is 3.75. The molecule has 3 aromatic rings. The highest BCUT2D eigenvalue weighted by Crippen LogP contribution is 2.42. The Bertz CT molecular complexity index is 778. The van der Waals surface area contributed by atoms with Gasteiger partial charge in [0.05, 0.1) is 18.0 Å². The first-order valence-electron chi connectivity index (χ1n) is 8.01. The zero-order valence-electron chi connectivity index (χ0n) is 12.9. The summed E-state index contributed by atoms with van der Waals surface area (Å²) in [6, 6.07) is 4.04. The van der Waals surface area contributed by atoms with Crippen molar-refractivity contribution in [2.24, 2.45) is 0 Å². The lowest BCUT2D eigenvalue weighted by molar-refractivity contribution is 0.182. The third kappa shape index (κ3) is 3.15. The Morgan fingerprint density at radius 3 is 3.00 bits per heavy atom. The third-order valence-corrected chi connectivity index (χ3v) is 5.03. The van der Waals surface area contributed by atoms with Gasteiger partial charge in [-0.15, -0.1) is 11.3 Å². The Morgan fingerprint density at radius 1 is 1.35 bits per heavy atom. The monoisotopic (exact) mass is 328 g/mol. The molecule has 3 aromatic heterocycles. The van der Waals surface area contributed by atoms with Crippen LogP contribution in [-0.2, 0) is 13.1 Å². The molecule has 0 amide bonds. The van der Waals surface area contributed by atoms with E-state index in [2.05, 4.69) is 31.9 Å². The highest BCUT2D eigenvalue weighted by molar-refractivity contribution is 7.15. The van der Waals surface area contributed by atoms with E-state index in [0.717, 1.165) is 18.1 Å². The summed E-state index contributed by atoms with van der Waals surface area (Å²) in [5.74, 6) is 0.631. The minimum atomic E-state index is 0.157. The van der Waals surface area contributed by atoms with E-state index in [4.69, 9.17) is 4.98 Å². The smallest absolute Gasteiger partial charge is 0.194 e. The molecule has 1 fully saturated rings. The second kappa shape index (κ2) is 6.39. The molecular formula is C17H20N4OS. The molecule has 1 aliphatic rings. The van der Waals surface area contributed by atoms with Crippen LogP contribution in [0.1, 0.15) is 35.7 Å². The van der Waals surface area contributed by atoms with Gasteiger partial charge in [0.25, 0.3) is 0 Å². The van der Waals surface area contributed by atoms with Crippen molar-refractivity contribution in [3.8, 4) is 0 Å². The summed E-state index contributed by atoms with van der Waals surface area (Å²) in [6.07, 6.45) is 8.29. The van der Waals surface area contributed by atoms with Crippen LogP contribution in [0.4, 0.5) is 0 Å². The molecule has 0 atom stereocenters. The van der Waals surface area contributed by atoms with Crippen LogP contribution in [0.3, 0.4) is 0 Å². The van der Waals surface area contributed by atoms with Gasteiger partial charge < -0.3 is 5.11 Å². The molecule has 1 saturated carbocycles. The highest BCUT2D eigenvalue weighted by atomic mass is 32.1. The number of rotatable bonds is 7. The van der Waals surface area contributed by atoms with Crippen molar-refractivity contribution in [1.29, 1.82) is 0 Å². The molecule has 0 saturated heterocycles. The van der Waals surface area contributed by atoms with Gasteiger partial charge in [0, 0.05) is 49.5 Å². The summed E-state index contributed by atoms with van der Waals surface area (Å²) in [5.41, 5.74) is 3.70. The van der Waals surface area contributed by atoms with E-state index in [1.54, 1.807) is 17.5 Å². The summed E-state index contributed by atoms with van der Waals surface area (Å²) in [4.78, 5) is 12.4. The quantitative estimate of drug-likeness (QED) is 0.724. The maximum atomic E-state index is 9.43. The molecule has 3 heterocycles. The topological polar surface area (TPSA) is 53.7 Å². The van der Waals surface area contributed by atoms with Crippen molar-refractivity contribution in [3.63, 3.8) is 0 Å². The molecule has 120 valence electrons. The maximum absolute atomic E-state index is 9.43. The van der Waals surface area contributed by atoms with Gasteiger partial charge in [0.2, 0.25) is 0 Å². The van der Waals surface area contributed by atoms with E-state index in [-0.39, 0.29) is 6.61 Å². The average molecular weight is 328 g/mol. The van der Waals surface area contributed by atoms with Gasteiger partial charge in [-0.3, -0.25) is 14.3 Å². The van der Waals surface area contributed by atoms with Crippen LogP contribution in [0.25, 0.3) is 4.96 Å². The predicted octanol–water partition coefficient (Wildman–Crippen LogP) is 2.66. The molecule has 0 spiro atoms. The Hall–Kier alpha value is -1.76. The maximum Gasteiger partial charge on any atom is 0.194 e. The highest BCUT2D eigenvalue weighted by Gasteiger charge is 2.30. The molecule has 6 heteroatoms. The van der Waals surface area contributed by atoms with Crippen LogP contribution in [0.5, 0.6) is 0 Å². The van der Waals surface area contributed by atoms with Crippen molar-refractivity contribution in [2.45, 2.75) is 31.8 Å². The zero-order valence-corrected chi connectivity index (χ0v) is 13.7. The van der Waals surface area contributed by atoms with E-state index < -0.39 is 0 Å². The molecule has 0 unspecified atom stereocenters. The summed E-state index contributed by atoms with van der Waals surface area (Å²) in [7, 11) is 0. The van der Waals surface area contributed by atoms with Crippen LogP contribution in [-0.4, -0.2) is 37.5 Å². The summed E-state index contributed by atoms with van der Waals surface area (Å²) >= 11 is 1.69. The Labute approximate surface area is 139 Å². The lowest BCUT2D eigenvalue weighted by Crippen LogP contribution is -2.27. The van der Waals surface area contributed by atoms with E-state index in [1.807, 2.05) is 12.3 Å². The third-order valence-electron chi connectivity index (χ3n) is 4.27. The van der Waals surface area contributed by atoms with Crippen molar-refractivity contribution in [2.75, 3.05) is 13.2 Å². The van der Waals surface area contributed by atoms with Crippen molar-refractivity contribution >= 4 is 16.3 Å². The molecule has 0 radical (unpaired) electrons. The van der Waals surface area contributed by atoms with Crippen LogP contribution in [0.2, 0.25) is 0 Å². The van der Waals surface area contributed by atoms with Gasteiger partial charge in [0.15, 0.2) is 4.96 Å². The summed E-state index contributed by atoms with van der Waals surface area (Å²) < 4.78 is 2.21. The number of pyridine rings is 1. The predicted molar refractivity (Wildman–Crippen MR) is 90.5 cm³/mol.